The molecule has 2 aromatic carbocycles. The Labute approximate surface area is 153 Å². The van der Waals surface area contributed by atoms with Gasteiger partial charge < -0.3 is 14.6 Å². The van der Waals surface area contributed by atoms with Crippen LogP contribution in [0.15, 0.2) is 48.5 Å². The quantitative estimate of drug-likeness (QED) is 0.759. The molecule has 26 heavy (non-hydrogen) atoms. The van der Waals surface area contributed by atoms with Crippen molar-refractivity contribution in [1.29, 1.82) is 0 Å². The first-order chi connectivity index (χ1) is 12.8. The number of hydrogen-bond donors (Lipinski definition) is 1. The Kier molecular flexibility index (Phi) is 4.65. The molecule has 0 unspecified atom stereocenters. The molecule has 0 saturated carbocycles. The van der Waals surface area contributed by atoms with Gasteiger partial charge in [-0.1, -0.05) is 18.2 Å². The Morgan fingerprint density at radius 2 is 1.77 bits per heavy atom. The van der Waals surface area contributed by atoms with Crippen molar-refractivity contribution in [3.63, 3.8) is 0 Å². The van der Waals surface area contributed by atoms with E-state index in [0.717, 1.165) is 59.4 Å². The van der Waals surface area contributed by atoms with E-state index in [1.54, 1.807) is 7.11 Å². The number of rotatable bonds is 4. The normalized spacial score (nSPS) is 14.6. The lowest BCUT2D eigenvalue weighted by Crippen LogP contribution is -2.36. The van der Waals surface area contributed by atoms with Crippen LogP contribution in [0.3, 0.4) is 0 Å². The number of nitrogens with one attached hydrogen (secondary N) is 1. The Morgan fingerprint density at radius 1 is 1.04 bits per heavy atom. The fourth-order valence-electron chi connectivity index (χ4n) is 3.79. The SMILES string of the molecule is COc1ccc(-c2[nH]c3ccccc3c2CC(=O)N2CCCCC2)cc1. The second-order valence-corrected chi connectivity index (χ2v) is 6.87. The number of piperidine rings is 1. The fourth-order valence-corrected chi connectivity index (χ4v) is 3.79. The van der Waals surface area contributed by atoms with E-state index in [-0.39, 0.29) is 5.91 Å². The minimum Gasteiger partial charge on any atom is -0.497 e. The zero-order valence-corrected chi connectivity index (χ0v) is 15.1. The highest BCUT2D eigenvalue weighted by molar-refractivity contribution is 5.95. The van der Waals surface area contributed by atoms with Gasteiger partial charge in [-0.25, -0.2) is 0 Å². The lowest BCUT2D eigenvalue weighted by atomic mass is 10.0. The van der Waals surface area contributed by atoms with Gasteiger partial charge in [-0.3, -0.25) is 4.79 Å². The second-order valence-electron chi connectivity index (χ2n) is 6.87. The number of aromatic amines is 1. The maximum absolute atomic E-state index is 12.9. The molecule has 1 aliphatic rings. The monoisotopic (exact) mass is 348 g/mol. The highest BCUT2D eigenvalue weighted by Crippen LogP contribution is 2.32. The molecular formula is C22H24N2O2. The number of methoxy groups -OCH3 is 1. The summed E-state index contributed by atoms with van der Waals surface area (Å²) in [4.78, 5) is 18.4. The minimum atomic E-state index is 0.226. The van der Waals surface area contributed by atoms with Crippen LogP contribution in [0.2, 0.25) is 0 Å². The molecule has 1 fully saturated rings. The van der Waals surface area contributed by atoms with E-state index in [0.29, 0.717) is 6.42 Å². The van der Waals surface area contributed by atoms with Crippen molar-refractivity contribution < 1.29 is 9.53 Å². The van der Waals surface area contributed by atoms with E-state index in [9.17, 15) is 4.79 Å². The van der Waals surface area contributed by atoms with Crippen molar-refractivity contribution in [3.05, 3.63) is 54.1 Å². The van der Waals surface area contributed by atoms with Gasteiger partial charge in [0.05, 0.1) is 19.2 Å². The summed E-state index contributed by atoms with van der Waals surface area (Å²) in [5.41, 5.74) is 4.25. The van der Waals surface area contributed by atoms with E-state index in [4.69, 9.17) is 4.74 Å². The number of nitrogens with zero attached hydrogens (tertiary/aromatic N) is 1. The molecule has 0 aliphatic carbocycles. The van der Waals surface area contributed by atoms with Crippen molar-refractivity contribution in [1.82, 2.24) is 9.88 Å². The van der Waals surface area contributed by atoms with Crippen LogP contribution >= 0.6 is 0 Å². The van der Waals surface area contributed by atoms with Crippen molar-refractivity contribution in [3.8, 4) is 17.0 Å². The molecule has 4 rings (SSSR count). The lowest BCUT2D eigenvalue weighted by Gasteiger charge is -2.26. The number of para-hydroxylation sites is 1. The van der Waals surface area contributed by atoms with E-state index in [1.807, 2.05) is 41.3 Å². The summed E-state index contributed by atoms with van der Waals surface area (Å²) < 4.78 is 5.27. The van der Waals surface area contributed by atoms with Gasteiger partial charge in [0, 0.05) is 24.0 Å². The predicted molar refractivity (Wildman–Crippen MR) is 104 cm³/mol. The van der Waals surface area contributed by atoms with Crippen molar-refractivity contribution in [2.24, 2.45) is 0 Å². The van der Waals surface area contributed by atoms with Crippen LogP contribution in [0.25, 0.3) is 22.2 Å². The first-order valence-electron chi connectivity index (χ1n) is 9.28. The molecule has 1 amide bonds. The van der Waals surface area contributed by atoms with Crippen LogP contribution in [0, 0.1) is 0 Å². The molecule has 3 aromatic rings. The minimum absolute atomic E-state index is 0.226. The van der Waals surface area contributed by atoms with Crippen LogP contribution in [0.1, 0.15) is 24.8 Å². The molecular weight excluding hydrogens is 324 g/mol. The average molecular weight is 348 g/mol. The molecule has 1 N–H and O–H groups in total. The maximum Gasteiger partial charge on any atom is 0.227 e. The molecule has 2 heterocycles. The molecule has 4 heteroatoms. The van der Waals surface area contributed by atoms with Crippen molar-refractivity contribution in [2.45, 2.75) is 25.7 Å². The Balaban J connectivity index is 1.72. The fraction of sp³-hybridized carbons (Fsp3) is 0.318. The van der Waals surface area contributed by atoms with Gasteiger partial charge in [-0.05, 0) is 60.7 Å². The van der Waals surface area contributed by atoms with E-state index >= 15 is 0 Å². The third kappa shape index (κ3) is 3.19. The lowest BCUT2D eigenvalue weighted by molar-refractivity contribution is -0.131. The largest absolute Gasteiger partial charge is 0.497 e. The van der Waals surface area contributed by atoms with E-state index in [1.165, 1.54) is 6.42 Å². The zero-order chi connectivity index (χ0) is 17.9. The van der Waals surface area contributed by atoms with Crippen molar-refractivity contribution >= 4 is 16.8 Å². The second kappa shape index (κ2) is 7.24. The smallest absolute Gasteiger partial charge is 0.227 e. The summed E-state index contributed by atoms with van der Waals surface area (Å²) in [6.45, 7) is 1.78. The molecule has 1 aromatic heterocycles. The van der Waals surface area contributed by atoms with Crippen LogP contribution in [0.4, 0.5) is 0 Å². The molecule has 0 bridgehead atoms. The zero-order valence-electron chi connectivity index (χ0n) is 15.1. The molecule has 134 valence electrons. The Bertz CT molecular complexity index is 906. The summed E-state index contributed by atoms with van der Waals surface area (Å²) in [5, 5.41) is 1.13. The number of aromatic nitrogens is 1. The molecule has 4 nitrogen and oxygen atoms in total. The number of benzene rings is 2. The van der Waals surface area contributed by atoms with Gasteiger partial charge in [-0.2, -0.15) is 0 Å². The van der Waals surface area contributed by atoms with Crippen LogP contribution in [0.5, 0.6) is 5.75 Å². The molecule has 1 saturated heterocycles. The average Bonchev–Trinajstić information content (AvgIpc) is 3.07. The van der Waals surface area contributed by atoms with Gasteiger partial charge in [0.25, 0.3) is 0 Å². The number of amides is 1. The predicted octanol–water partition coefficient (Wildman–Crippen LogP) is 4.40. The Hall–Kier alpha value is -2.75. The molecule has 0 spiro atoms. The molecule has 0 radical (unpaired) electrons. The van der Waals surface area contributed by atoms with Crippen LogP contribution < -0.4 is 4.74 Å². The number of H-pyrrole nitrogens is 1. The van der Waals surface area contributed by atoms with E-state index in [2.05, 4.69) is 17.1 Å². The highest BCUT2D eigenvalue weighted by atomic mass is 16.5. The van der Waals surface area contributed by atoms with E-state index < -0.39 is 0 Å². The third-order valence-electron chi connectivity index (χ3n) is 5.23. The maximum atomic E-state index is 12.9. The number of fused-ring (bicyclic) bond motifs is 1. The number of carbonyl (C=O) groups is 1. The first-order valence-corrected chi connectivity index (χ1v) is 9.28. The highest BCUT2D eigenvalue weighted by Gasteiger charge is 2.21. The summed E-state index contributed by atoms with van der Waals surface area (Å²) in [6.07, 6.45) is 3.90. The topological polar surface area (TPSA) is 45.3 Å². The summed E-state index contributed by atoms with van der Waals surface area (Å²) >= 11 is 0. The number of likely N-dealkylation sites (tertiary alicyclic amines) is 1. The van der Waals surface area contributed by atoms with Gasteiger partial charge in [0.1, 0.15) is 5.75 Å². The van der Waals surface area contributed by atoms with Crippen LogP contribution in [-0.4, -0.2) is 36.0 Å². The van der Waals surface area contributed by atoms with Crippen LogP contribution in [-0.2, 0) is 11.2 Å². The number of carbonyl (C=O) groups excluding carboxylic acids is 1. The summed E-state index contributed by atoms with van der Waals surface area (Å²) in [5.74, 6) is 1.06. The summed E-state index contributed by atoms with van der Waals surface area (Å²) in [7, 11) is 1.67. The number of hydrogen-bond acceptors (Lipinski definition) is 2. The van der Waals surface area contributed by atoms with Gasteiger partial charge in [0.15, 0.2) is 0 Å². The standard InChI is InChI=1S/C22H24N2O2/c1-26-17-11-9-16(10-12-17)22-19(18-7-3-4-8-20(18)23-22)15-21(25)24-13-5-2-6-14-24/h3-4,7-12,23H,2,5-6,13-15H2,1H3. The van der Waals surface area contributed by atoms with Crippen molar-refractivity contribution in [2.75, 3.05) is 20.2 Å². The summed E-state index contributed by atoms with van der Waals surface area (Å²) in [6, 6.07) is 16.2. The molecule has 1 aliphatic heterocycles. The van der Waals surface area contributed by atoms with Gasteiger partial charge in [-0.15, -0.1) is 0 Å². The molecule has 0 atom stereocenters. The Morgan fingerprint density at radius 3 is 2.50 bits per heavy atom. The number of ether oxygens (including phenoxy) is 1. The first kappa shape index (κ1) is 16.7. The van der Waals surface area contributed by atoms with Gasteiger partial charge in [0.2, 0.25) is 5.91 Å². The van der Waals surface area contributed by atoms with Gasteiger partial charge >= 0.3 is 0 Å². The third-order valence-corrected chi connectivity index (χ3v) is 5.23.